The summed E-state index contributed by atoms with van der Waals surface area (Å²) in [5.74, 6) is -0.496. The van der Waals surface area contributed by atoms with Crippen molar-refractivity contribution in [2.24, 2.45) is 10.7 Å². The van der Waals surface area contributed by atoms with Crippen LogP contribution in [0.25, 0.3) is 10.4 Å². The first-order valence-electron chi connectivity index (χ1n) is 11.3. The fourth-order valence-corrected chi connectivity index (χ4v) is 6.01. The average Bonchev–Trinajstić information content (AvgIpc) is 3.33. The van der Waals surface area contributed by atoms with Gasteiger partial charge in [0.1, 0.15) is 5.54 Å². The number of guanidine groups is 1. The van der Waals surface area contributed by atoms with Gasteiger partial charge in [-0.05, 0) is 67.1 Å². The number of aliphatic imine (C=N–C) groups is 1. The number of hydrogen-bond donors (Lipinski definition) is 2. The van der Waals surface area contributed by atoms with Gasteiger partial charge in [-0.3, -0.25) is 9.69 Å². The van der Waals surface area contributed by atoms with Gasteiger partial charge in [0.05, 0.1) is 23.2 Å². The van der Waals surface area contributed by atoms with E-state index in [0.29, 0.717) is 5.56 Å². The van der Waals surface area contributed by atoms with Crippen LogP contribution in [-0.4, -0.2) is 28.9 Å². The molecule has 172 valence electrons. The molecule has 3 aromatic rings. The minimum Gasteiger partial charge on any atom is -0.385 e. The van der Waals surface area contributed by atoms with Crippen LogP contribution in [0.4, 0.5) is 0 Å². The summed E-state index contributed by atoms with van der Waals surface area (Å²) < 4.78 is 0. The number of rotatable bonds is 4. The first-order chi connectivity index (χ1) is 16.2. The smallest absolute Gasteiger partial charge is 0.239 e. The maximum absolute atomic E-state index is 13.5. The molecule has 5 rings (SSSR count). The summed E-state index contributed by atoms with van der Waals surface area (Å²) in [4.78, 5) is 21.7. The van der Waals surface area contributed by atoms with Crippen molar-refractivity contribution in [2.45, 2.75) is 43.2 Å². The highest BCUT2D eigenvalue weighted by molar-refractivity contribution is 7.15. The van der Waals surface area contributed by atoms with Gasteiger partial charge in [-0.2, -0.15) is 5.26 Å². The zero-order chi connectivity index (χ0) is 24.1. The Morgan fingerprint density at radius 2 is 1.91 bits per heavy atom. The molecule has 1 amide bonds. The van der Waals surface area contributed by atoms with E-state index in [-0.39, 0.29) is 11.9 Å². The fourth-order valence-electron chi connectivity index (χ4n) is 4.88. The van der Waals surface area contributed by atoms with Crippen LogP contribution in [0.5, 0.6) is 0 Å². The standard InChI is InChI=1S/C27H26N4O2S/c1-26(22-12-11-21(34-22)19-6-3-5-17(15-19)16-28)23(24(32)31(2)25(29)30-26)18-7-9-20(10-8-18)27(33)13-4-14-27/h3,5-12,15,23,33H,4,13-14H2,1-2H3,(H2,29,30)/t23-,26-/m1/s1. The molecule has 2 aliphatic rings. The fraction of sp³-hybridized carbons (Fsp3) is 0.296. The third-order valence-electron chi connectivity index (χ3n) is 7.17. The number of aliphatic hydroxyl groups is 1. The normalized spacial score (nSPS) is 23.7. The number of hydrogen-bond acceptors (Lipinski definition) is 6. The van der Waals surface area contributed by atoms with E-state index in [1.807, 2.05) is 61.5 Å². The molecule has 2 heterocycles. The summed E-state index contributed by atoms with van der Waals surface area (Å²) in [5.41, 5.74) is 7.81. The molecule has 1 saturated carbocycles. The van der Waals surface area contributed by atoms with Gasteiger partial charge in [0.25, 0.3) is 0 Å². The minimum absolute atomic E-state index is 0.119. The van der Waals surface area contributed by atoms with Gasteiger partial charge in [0, 0.05) is 16.8 Å². The summed E-state index contributed by atoms with van der Waals surface area (Å²) >= 11 is 1.55. The summed E-state index contributed by atoms with van der Waals surface area (Å²) in [5, 5.41) is 20.0. The predicted molar refractivity (Wildman–Crippen MR) is 133 cm³/mol. The van der Waals surface area contributed by atoms with Crippen LogP contribution in [0.3, 0.4) is 0 Å². The Balaban J connectivity index is 1.57. The predicted octanol–water partition coefficient (Wildman–Crippen LogP) is 4.44. The lowest BCUT2D eigenvalue weighted by atomic mass is 9.73. The van der Waals surface area contributed by atoms with Gasteiger partial charge < -0.3 is 10.8 Å². The van der Waals surface area contributed by atoms with Crippen LogP contribution in [0.2, 0.25) is 0 Å². The Kier molecular flexibility index (Phi) is 5.31. The van der Waals surface area contributed by atoms with Crippen LogP contribution in [-0.2, 0) is 15.9 Å². The number of likely N-dealkylation sites (N-methyl/N-ethyl adjacent to an activating group) is 1. The number of carbonyl (C=O) groups is 1. The van der Waals surface area contributed by atoms with Crippen molar-refractivity contribution >= 4 is 23.2 Å². The van der Waals surface area contributed by atoms with E-state index in [1.54, 1.807) is 24.5 Å². The molecule has 0 radical (unpaired) electrons. The number of benzene rings is 2. The number of nitrogens with two attached hydrogens (primary N) is 1. The topological polar surface area (TPSA) is 103 Å². The Labute approximate surface area is 203 Å². The van der Waals surface area contributed by atoms with Crippen molar-refractivity contribution in [1.29, 1.82) is 5.26 Å². The second kappa shape index (κ2) is 8.08. The zero-order valence-corrected chi connectivity index (χ0v) is 20.0. The summed E-state index contributed by atoms with van der Waals surface area (Å²) in [6.45, 7) is 1.95. The molecular weight excluding hydrogens is 444 g/mol. The first kappa shape index (κ1) is 22.3. The maximum Gasteiger partial charge on any atom is 0.239 e. The second-order valence-electron chi connectivity index (χ2n) is 9.31. The van der Waals surface area contributed by atoms with Crippen LogP contribution >= 0.6 is 11.3 Å². The number of thiophene rings is 1. The molecule has 3 N–H and O–H groups in total. The minimum atomic E-state index is -0.891. The number of amides is 1. The van der Waals surface area contributed by atoms with Gasteiger partial charge in [0.15, 0.2) is 5.96 Å². The molecule has 34 heavy (non-hydrogen) atoms. The second-order valence-corrected chi connectivity index (χ2v) is 10.4. The molecular formula is C27H26N4O2S. The van der Waals surface area contributed by atoms with Crippen molar-refractivity contribution in [2.75, 3.05) is 7.05 Å². The molecule has 0 spiro atoms. The van der Waals surface area contributed by atoms with E-state index in [2.05, 4.69) is 6.07 Å². The Morgan fingerprint density at radius 1 is 1.18 bits per heavy atom. The van der Waals surface area contributed by atoms with Crippen molar-refractivity contribution in [3.63, 3.8) is 0 Å². The highest BCUT2D eigenvalue weighted by Crippen LogP contribution is 2.48. The van der Waals surface area contributed by atoms with E-state index in [4.69, 9.17) is 10.7 Å². The summed E-state index contributed by atoms with van der Waals surface area (Å²) in [7, 11) is 1.65. The molecule has 0 saturated heterocycles. The van der Waals surface area contributed by atoms with Gasteiger partial charge >= 0.3 is 0 Å². The lowest BCUT2D eigenvalue weighted by Crippen LogP contribution is -2.52. The number of nitriles is 1. The molecule has 0 unspecified atom stereocenters. The Bertz CT molecular complexity index is 1330. The van der Waals surface area contributed by atoms with E-state index >= 15 is 0 Å². The summed E-state index contributed by atoms with van der Waals surface area (Å²) in [6, 6.07) is 21.4. The molecule has 1 fully saturated rings. The van der Waals surface area contributed by atoms with Gasteiger partial charge in [0.2, 0.25) is 5.91 Å². The molecule has 2 aromatic carbocycles. The van der Waals surface area contributed by atoms with Crippen molar-refractivity contribution in [3.05, 3.63) is 82.2 Å². The Morgan fingerprint density at radius 3 is 2.56 bits per heavy atom. The third kappa shape index (κ3) is 3.51. The van der Waals surface area contributed by atoms with E-state index in [9.17, 15) is 15.2 Å². The first-order valence-corrected chi connectivity index (χ1v) is 12.1. The molecule has 2 atom stereocenters. The lowest BCUT2D eigenvalue weighted by Gasteiger charge is -2.40. The van der Waals surface area contributed by atoms with Gasteiger partial charge in [-0.25, -0.2) is 4.99 Å². The van der Waals surface area contributed by atoms with E-state index < -0.39 is 17.1 Å². The van der Waals surface area contributed by atoms with Crippen LogP contribution in [0, 0.1) is 11.3 Å². The molecule has 0 bridgehead atoms. The van der Waals surface area contributed by atoms with Crippen LogP contribution in [0.1, 0.15) is 53.7 Å². The zero-order valence-electron chi connectivity index (χ0n) is 19.2. The largest absolute Gasteiger partial charge is 0.385 e. The number of carbonyl (C=O) groups excluding carboxylic acids is 1. The van der Waals surface area contributed by atoms with E-state index in [0.717, 1.165) is 45.7 Å². The molecule has 1 aromatic heterocycles. The monoisotopic (exact) mass is 470 g/mol. The van der Waals surface area contributed by atoms with Gasteiger partial charge in [-0.15, -0.1) is 11.3 Å². The quantitative estimate of drug-likeness (QED) is 0.588. The lowest BCUT2D eigenvalue weighted by molar-refractivity contribution is -0.130. The van der Waals surface area contributed by atoms with Gasteiger partial charge in [-0.1, -0.05) is 36.4 Å². The Hall–Kier alpha value is -3.47. The van der Waals surface area contributed by atoms with Crippen LogP contribution < -0.4 is 5.73 Å². The van der Waals surface area contributed by atoms with Crippen molar-refractivity contribution < 1.29 is 9.90 Å². The molecule has 1 aliphatic heterocycles. The highest BCUT2D eigenvalue weighted by Gasteiger charge is 2.48. The summed E-state index contributed by atoms with van der Waals surface area (Å²) in [6.07, 6.45) is 2.55. The maximum atomic E-state index is 13.5. The van der Waals surface area contributed by atoms with Crippen molar-refractivity contribution in [3.8, 4) is 16.5 Å². The van der Waals surface area contributed by atoms with Crippen LogP contribution in [0.15, 0.2) is 65.7 Å². The average molecular weight is 471 g/mol. The third-order valence-corrected chi connectivity index (χ3v) is 8.53. The van der Waals surface area contributed by atoms with Crippen molar-refractivity contribution in [1.82, 2.24) is 4.90 Å². The SMILES string of the molecule is CN1C(=O)[C@@H](c2ccc(C3(O)CCC3)cc2)[C@@](C)(c2ccc(-c3cccc(C#N)c3)s2)N=C1N. The molecule has 7 heteroatoms. The van der Waals surface area contributed by atoms with E-state index in [1.165, 1.54) is 4.90 Å². The molecule has 6 nitrogen and oxygen atoms in total. The highest BCUT2D eigenvalue weighted by atomic mass is 32.1. The number of nitrogens with zero attached hydrogens (tertiary/aromatic N) is 3. The molecule has 1 aliphatic carbocycles.